The molecule has 0 unspecified atom stereocenters. The van der Waals surface area contributed by atoms with Crippen LogP contribution in [0.2, 0.25) is 5.02 Å². The number of nitrogens with one attached hydrogen (secondary N) is 2. The zero-order valence-corrected chi connectivity index (χ0v) is 19.0. The molecule has 0 heterocycles. The first kappa shape index (κ1) is 23.3. The smallest absolute Gasteiger partial charge is 0.322 e. The van der Waals surface area contributed by atoms with Gasteiger partial charge in [-0.2, -0.15) is 0 Å². The molecule has 0 atom stereocenters. The molecule has 2 N–H and O–H groups in total. The van der Waals surface area contributed by atoms with Crippen molar-refractivity contribution in [3.63, 3.8) is 0 Å². The summed E-state index contributed by atoms with van der Waals surface area (Å²) in [6.45, 7) is 0. The van der Waals surface area contributed by atoms with Gasteiger partial charge in [0.15, 0.2) is 0 Å². The molecule has 160 valence electrons. The first-order chi connectivity index (χ1) is 14.9. The molecule has 3 aromatic carbocycles. The van der Waals surface area contributed by atoms with Gasteiger partial charge in [-0.3, -0.25) is 4.79 Å². The van der Waals surface area contributed by atoms with Crippen molar-refractivity contribution < 1.29 is 14.0 Å². The number of halogens is 3. The molecule has 5 nitrogen and oxygen atoms in total. The van der Waals surface area contributed by atoms with E-state index in [1.54, 1.807) is 24.3 Å². The maximum atomic E-state index is 13.8. The quantitative estimate of drug-likeness (QED) is 0.198. The highest BCUT2D eigenvalue weighted by molar-refractivity contribution is 8.00. The molecule has 0 saturated heterocycles. The van der Waals surface area contributed by atoms with Crippen LogP contribution in [0.15, 0.2) is 71.6 Å². The summed E-state index contributed by atoms with van der Waals surface area (Å²) >= 11 is 17.7. The monoisotopic (exact) mass is 495 g/mol. The number of nitrogens with zero attached hydrogens (tertiary/aromatic N) is 1. The lowest BCUT2D eigenvalue weighted by Crippen LogP contribution is -2.27. The second-order valence-corrected chi connectivity index (χ2v) is 8.56. The van der Waals surface area contributed by atoms with Gasteiger partial charge in [0.25, 0.3) is 5.91 Å². The average molecular weight is 496 g/mol. The molecule has 0 spiro atoms. The number of carbonyl (C=O) groups is 2. The van der Waals surface area contributed by atoms with Crippen LogP contribution in [0.5, 0.6) is 0 Å². The highest BCUT2D eigenvalue weighted by Gasteiger charge is 2.17. The molecule has 3 amide bonds. The van der Waals surface area contributed by atoms with Crippen molar-refractivity contribution in [2.75, 3.05) is 20.2 Å². The molecule has 31 heavy (non-hydrogen) atoms. The number of benzene rings is 3. The molecular formula is C21H16Cl2FN3O2S2. The van der Waals surface area contributed by atoms with Crippen LogP contribution in [0.25, 0.3) is 0 Å². The van der Waals surface area contributed by atoms with Crippen molar-refractivity contribution in [1.82, 2.24) is 0 Å². The van der Waals surface area contributed by atoms with E-state index in [-0.39, 0.29) is 10.6 Å². The Balaban J connectivity index is 1.70. The molecule has 10 heteroatoms. The number of hydrogen-bond acceptors (Lipinski definition) is 4. The Hall–Kier alpha value is -2.39. The van der Waals surface area contributed by atoms with E-state index in [0.717, 1.165) is 9.20 Å². The predicted molar refractivity (Wildman–Crippen MR) is 129 cm³/mol. The number of thioether (sulfide) groups is 1. The summed E-state index contributed by atoms with van der Waals surface area (Å²) in [7, 11) is 0. The molecule has 0 aliphatic heterocycles. The van der Waals surface area contributed by atoms with E-state index in [2.05, 4.69) is 23.4 Å². The van der Waals surface area contributed by atoms with Gasteiger partial charge in [-0.05, 0) is 48.5 Å². The number of alkyl halides is 1. The third-order valence-electron chi connectivity index (χ3n) is 4.05. The van der Waals surface area contributed by atoms with Crippen LogP contribution in [-0.2, 0) is 0 Å². The standard InChI is InChI=1S/C21H16Cl2FN3O2S2/c22-12-31-15-5-3-4-13(10-15)26-21(29)27(30)19-9-8-14(11-17(19)23)25-20(28)16-6-1-2-7-18(16)24/h1-11,30H,12H2,(H,25,28)(H,26,29). The van der Waals surface area contributed by atoms with Gasteiger partial charge in [0.05, 0.1) is 21.5 Å². The Morgan fingerprint density at radius 1 is 1.00 bits per heavy atom. The molecule has 0 aliphatic carbocycles. The highest BCUT2D eigenvalue weighted by atomic mass is 35.5. The maximum absolute atomic E-state index is 13.8. The van der Waals surface area contributed by atoms with Crippen molar-refractivity contribution >= 4 is 76.8 Å². The Morgan fingerprint density at radius 3 is 2.45 bits per heavy atom. The number of carbonyl (C=O) groups excluding carboxylic acids is 2. The van der Waals surface area contributed by atoms with E-state index in [9.17, 15) is 14.0 Å². The van der Waals surface area contributed by atoms with E-state index in [1.165, 1.54) is 48.2 Å². The number of rotatable bonds is 6. The summed E-state index contributed by atoms with van der Waals surface area (Å²) in [5.41, 5.74) is 1.13. The van der Waals surface area contributed by atoms with Crippen molar-refractivity contribution in [3.05, 3.63) is 83.1 Å². The lowest BCUT2D eigenvalue weighted by molar-refractivity contribution is 0.102. The highest BCUT2D eigenvalue weighted by Crippen LogP contribution is 2.31. The predicted octanol–water partition coefficient (Wildman–Crippen LogP) is 6.90. The summed E-state index contributed by atoms with van der Waals surface area (Å²) in [5.74, 6) is -1.24. The van der Waals surface area contributed by atoms with E-state index >= 15 is 0 Å². The second kappa shape index (κ2) is 10.8. The lowest BCUT2D eigenvalue weighted by Gasteiger charge is -2.19. The lowest BCUT2D eigenvalue weighted by atomic mass is 10.2. The van der Waals surface area contributed by atoms with Gasteiger partial charge in [0, 0.05) is 16.3 Å². The second-order valence-electron chi connectivity index (χ2n) is 6.12. The maximum Gasteiger partial charge on any atom is 0.336 e. The minimum Gasteiger partial charge on any atom is -0.322 e. The molecule has 0 radical (unpaired) electrons. The van der Waals surface area contributed by atoms with E-state index < -0.39 is 17.8 Å². The van der Waals surface area contributed by atoms with Crippen LogP contribution < -0.4 is 14.9 Å². The summed E-state index contributed by atoms with van der Waals surface area (Å²) in [4.78, 5) is 25.7. The van der Waals surface area contributed by atoms with E-state index in [1.807, 2.05) is 6.07 Å². The van der Waals surface area contributed by atoms with Crippen molar-refractivity contribution in [2.24, 2.45) is 0 Å². The largest absolute Gasteiger partial charge is 0.336 e. The molecule has 0 aliphatic rings. The van der Waals surface area contributed by atoms with Crippen molar-refractivity contribution in [1.29, 1.82) is 0 Å². The van der Waals surface area contributed by atoms with Gasteiger partial charge in [0.2, 0.25) is 0 Å². The van der Waals surface area contributed by atoms with Gasteiger partial charge in [-0.15, -0.1) is 23.4 Å². The number of anilines is 3. The Labute approximate surface area is 198 Å². The molecule has 0 bridgehead atoms. The normalized spacial score (nSPS) is 10.5. The van der Waals surface area contributed by atoms with Gasteiger partial charge in [-0.25, -0.2) is 13.5 Å². The minimum absolute atomic E-state index is 0.0903. The zero-order chi connectivity index (χ0) is 22.4. The van der Waals surface area contributed by atoms with Crippen LogP contribution in [-0.4, -0.2) is 17.2 Å². The van der Waals surface area contributed by atoms with Crippen LogP contribution in [0, 0.1) is 5.82 Å². The fraction of sp³-hybridized carbons (Fsp3) is 0.0476. The first-order valence-electron chi connectivity index (χ1n) is 8.83. The number of amides is 3. The average Bonchev–Trinajstić information content (AvgIpc) is 2.74. The molecule has 0 saturated carbocycles. The Kier molecular flexibility index (Phi) is 8.09. The van der Waals surface area contributed by atoms with E-state index in [0.29, 0.717) is 22.3 Å². The summed E-state index contributed by atoms with van der Waals surface area (Å²) in [5, 5.41) is 5.86. The Bertz CT molecular complexity index is 1120. The van der Waals surface area contributed by atoms with Crippen molar-refractivity contribution in [3.8, 4) is 0 Å². The fourth-order valence-corrected chi connectivity index (χ4v) is 4.05. The molecule has 3 rings (SSSR count). The molecule has 0 fully saturated rings. The fourth-order valence-electron chi connectivity index (χ4n) is 2.61. The summed E-state index contributed by atoms with van der Waals surface area (Å²) < 4.78 is 14.8. The first-order valence-corrected chi connectivity index (χ1v) is 11.1. The van der Waals surface area contributed by atoms with Crippen LogP contribution in [0.3, 0.4) is 0 Å². The zero-order valence-electron chi connectivity index (χ0n) is 15.8. The van der Waals surface area contributed by atoms with Gasteiger partial charge >= 0.3 is 6.03 Å². The van der Waals surface area contributed by atoms with Gasteiger partial charge in [-0.1, -0.05) is 42.6 Å². The summed E-state index contributed by atoms with van der Waals surface area (Å²) in [6.07, 6.45) is 0. The van der Waals surface area contributed by atoms with Crippen LogP contribution >= 0.6 is 47.8 Å². The number of hydrogen-bond donors (Lipinski definition) is 3. The molecular weight excluding hydrogens is 480 g/mol. The third-order valence-corrected chi connectivity index (χ3v) is 5.77. The Morgan fingerprint density at radius 2 is 1.74 bits per heavy atom. The van der Waals surface area contributed by atoms with E-state index in [4.69, 9.17) is 23.2 Å². The van der Waals surface area contributed by atoms with Gasteiger partial charge in [0.1, 0.15) is 5.82 Å². The number of urea groups is 1. The van der Waals surface area contributed by atoms with Gasteiger partial charge < -0.3 is 10.6 Å². The van der Waals surface area contributed by atoms with Crippen molar-refractivity contribution in [2.45, 2.75) is 4.90 Å². The third kappa shape index (κ3) is 6.07. The SMILES string of the molecule is O=C(Nc1ccc(N(S)C(=O)Nc2cccc(SCCl)c2)c(Cl)c1)c1ccccc1F. The minimum atomic E-state index is -0.630. The van der Waals surface area contributed by atoms with Crippen LogP contribution in [0.1, 0.15) is 10.4 Å². The summed E-state index contributed by atoms with van der Waals surface area (Å²) in [6, 6.07) is 16.8. The topological polar surface area (TPSA) is 61.4 Å². The van der Waals surface area contributed by atoms with Crippen LogP contribution in [0.4, 0.5) is 26.2 Å². The number of thiol groups is 1. The molecule has 3 aromatic rings. The molecule has 0 aromatic heterocycles.